The molecule has 3 aliphatic rings. The molecule has 2 aliphatic heterocycles. The minimum Gasteiger partial charge on any atom is -0.312 e. The largest absolute Gasteiger partial charge is 0.312 e. The normalized spacial score (nSPS) is 30.9. The Kier molecular flexibility index (Phi) is 3.39. The zero-order valence-corrected chi connectivity index (χ0v) is 11.2. The van der Waals surface area contributed by atoms with E-state index in [0.717, 1.165) is 45.1 Å². The lowest BCUT2D eigenvalue weighted by atomic mass is 9.72. The Morgan fingerprint density at radius 2 is 1.84 bits per heavy atom. The molecule has 1 aliphatic carbocycles. The molecule has 0 aromatic rings. The van der Waals surface area contributed by atoms with Crippen LogP contribution in [0.3, 0.4) is 0 Å². The topological polar surface area (TPSA) is 70.6 Å². The summed E-state index contributed by atoms with van der Waals surface area (Å²) in [5, 5.41) is 6.23. The van der Waals surface area contributed by atoms with Crippen molar-refractivity contribution in [2.45, 2.75) is 57.4 Å². The number of rotatable bonds is 1. The van der Waals surface area contributed by atoms with E-state index in [0.29, 0.717) is 18.7 Å². The van der Waals surface area contributed by atoms with Crippen LogP contribution in [0.5, 0.6) is 0 Å². The number of carbonyl (C=O) groups excluding carboxylic acids is 2. The first-order valence-electron chi connectivity index (χ1n) is 7.40. The van der Waals surface area contributed by atoms with Crippen molar-refractivity contribution < 1.29 is 9.59 Å². The fourth-order valence-electron chi connectivity index (χ4n) is 3.42. The Bertz CT molecular complexity index is 418. The first-order chi connectivity index (χ1) is 9.22. The average molecular weight is 263 g/mol. The SMILES string of the molecule is O=C1N=C(C2CCCCN2)NC(=O)C12CCCCC2. The van der Waals surface area contributed by atoms with E-state index >= 15 is 0 Å². The summed E-state index contributed by atoms with van der Waals surface area (Å²) < 4.78 is 0. The smallest absolute Gasteiger partial charge is 0.263 e. The van der Waals surface area contributed by atoms with Gasteiger partial charge in [-0.15, -0.1) is 0 Å². The second-order valence-corrected chi connectivity index (χ2v) is 5.90. The van der Waals surface area contributed by atoms with Crippen LogP contribution in [0.25, 0.3) is 0 Å². The van der Waals surface area contributed by atoms with Crippen LogP contribution in [0.15, 0.2) is 4.99 Å². The molecule has 0 aromatic carbocycles. The maximum Gasteiger partial charge on any atom is 0.263 e. The van der Waals surface area contributed by atoms with Gasteiger partial charge < -0.3 is 10.6 Å². The number of nitrogens with zero attached hydrogens (tertiary/aromatic N) is 1. The quantitative estimate of drug-likeness (QED) is 0.697. The van der Waals surface area contributed by atoms with E-state index in [1.807, 2.05) is 0 Å². The third kappa shape index (κ3) is 2.20. The van der Waals surface area contributed by atoms with Gasteiger partial charge in [0.1, 0.15) is 11.3 Å². The Balaban J connectivity index is 1.81. The predicted octanol–water partition coefficient (Wildman–Crippen LogP) is 1.13. The van der Waals surface area contributed by atoms with Crippen LogP contribution >= 0.6 is 0 Å². The molecule has 2 heterocycles. The summed E-state index contributed by atoms with van der Waals surface area (Å²) in [6, 6.07) is 0.0441. The fourth-order valence-corrected chi connectivity index (χ4v) is 3.42. The van der Waals surface area contributed by atoms with Gasteiger partial charge in [0.05, 0.1) is 6.04 Å². The van der Waals surface area contributed by atoms with E-state index in [-0.39, 0.29) is 17.9 Å². The van der Waals surface area contributed by atoms with E-state index in [9.17, 15) is 9.59 Å². The standard InChI is InChI=1S/C14H21N3O2/c18-12-14(7-3-1-4-8-14)13(19)17-11(16-12)10-6-2-5-9-15-10/h10,15H,1-9H2,(H,16,17,18,19). The highest BCUT2D eigenvalue weighted by molar-refractivity contribution is 6.19. The Morgan fingerprint density at radius 1 is 1.05 bits per heavy atom. The number of carbonyl (C=O) groups is 2. The Labute approximate surface area is 113 Å². The van der Waals surface area contributed by atoms with E-state index in [4.69, 9.17) is 0 Å². The molecule has 19 heavy (non-hydrogen) atoms. The number of amidine groups is 1. The number of hydrogen-bond donors (Lipinski definition) is 2. The molecule has 1 unspecified atom stereocenters. The van der Waals surface area contributed by atoms with Gasteiger partial charge in [-0.1, -0.05) is 25.7 Å². The van der Waals surface area contributed by atoms with Gasteiger partial charge in [0.15, 0.2) is 0 Å². The van der Waals surface area contributed by atoms with Gasteiger partial charge in [-0.25, -0.2) is 0 Å². The highest BCUT2D eigenvalue weighted by Crippen LogP contribution is 2.39. The maximum atomic E-state index is 12.4. The van der Waals surface area contributed by atoms with Crippen molar-refractivity contribution in [1.29, 1.82) is 0 Å². The summed E-state index contributed by atoms with van der Waals surface area (Å²) in [7, 11) is 0. The zero-order valence-electron chi connectivity index (χ0n) is 11.2. The van der Waals surface area contributed by atoms with Crippen molar-refractivity contribution in [3.8, 4) is 0 Å². The molecule has 0 radical (unpaired) electrons. The summed E-state index contributed by atoms with van der Waals surface area (Å²) in [5.41, 5.74) is -0.851. The van der Waals surface area contributed by atoms with Crippen molar-refractivity contribution >= 4 is 17.6 Å². The van der Waals surface area contributed by atoms with E-state index in [1.165, 1.54) is 0 Å². The number of hydrogen-bond acceptors (Lipinski definition) is 3. The van der Waals surface area contributed by atoms with E-state index in [1.54, 1.807) is 0 Å². The third-order valence-electron chi connectivity index (χ3n) is 4.66. The molecular weight excluding hydrogens is 242 g/mol. The van der Waals surface area contributed by atoms with Crippen LogP contribution in [-0.2, 0) is 9.59 Å². The molecule has 2 N–H and O–H groups in total. The van der Waals surface area contributed by atoms with Gasteiger partial charge in [0, 0.05) is 0 Å². The fraction of sp³-hybridized carbons (Fsp3) is 0.786. The van der Waals surface area contributed by atoms with E-state index in [2.05, 4.69) is 15.6 Å². The summed E-state index contributed by atoms with van der Waals surface area (Å²) >= 11 is 0. The van der Waals surface area contributed by atoms with E-state index < -0.39 is 5.41 Å². The highest BCUT2D eigenvalue weighted by Gasteiger charge is 2.49. The van der Waals surface area contributed by atoms with Crippen molar-refractivity contribution in [3.05, 3.63) is 0 Å². The Hall–Kier alpha value is -1.23. The molecule has 2 fully saturated rings. The number of aliphatic imine (C=N–C) groups is 1. The average Bonchev–Trinajstić information content (AvgIpc) is 2.46. The summed E-state index contributed by atoms with van der Waals surface area (Å²) in [6.07, 6.45) is 7.54. The zero-order chi connectivity index (χ0) is 13.3. The number of amides is 2. The second-order valence-electron chi connectivity index (χ2n) is 5.90. The first-order valence-corrected chi connectivity index (χ1v) is 7.40. The minimum atomic E-state index is -0.851. The predicted molar refractivity (Wildman–Crippen MR) is 71.7 cm³/mol. The molecule has 2 amide bonds. The van der Waals surface area contributed by atoms with Crippen molar-refractivity contribution in [1.82, 2.24) is 10.6 Å². The second kappa shape index (κ2) is 5.04. The van der Waals surface area contributed by atoms with Gasteiger partial charge >= 0.3 is 0 Å². The summed E-state index contributed by atoms with van der Waals surface area (Å²) in [6.45, 7) is 0.929. The first kappa shape index (κ1) is 12.8. The minimum absolute atomic E-state index is 0.0441. The van der Waals surface area contributed by atoms with Crippen molar-refractivity contribution in [2.75, 3.05) is 6.54 Å². The lowest BCUT2D eigenvalue weighted by molar-refractivity contribution is -0.144. The summed E-state index contributed by atoms with van der Waals surface area (Å²) in [5.74, 6) is 0.221. The third-order valence-corrected chi connectivity index (χ3v) is 4.66. The lowest BCUT2D eigenvalue weighted by Crippen LogP contribution is -2.58. The van der Waals surface area contributed by atoms with Gasteiger partial charge in [0.2, 0.25) is 5.91 Å². The summed E-state index contributed by atoms with van der Waals surface area (Å²) in [4.78, 5) is 29.0. The molecule has 1 spiro atoms. The molecule has 0 bridgehead atoms. The monoisotopic (exact) mass is 263 g/mol. The molecular formula is C14H21N3O2. The molecule has 0 aromatic heterocycles. The maximum absolute atomic E-state index is 12.4. The number of piperidine rings is 1. The molecule has 104 valence electrons. The van der Waals surface area contributed by atoms with Gasteiger partial charge in [-0.3, -0.25) is 9.59 Å². The van der Waals surface area contributed by atoms with Crippen LogP contribution in [0.4, 0.5) is 0 Å². The van der Waals surface area contributed by atoms with Crippen LogP contribution in [0.1, 0.15) is 51.4 Å². The van der Waals surface area contributed by atoms with Crippen molar-refractivity contribution in [2.24, 2.45) is 10.4 Å². The van der Waals surface area contributed by atoms with Crippen LogP contribution < -0.4 is 10.6 Å². The molecule has 1 saturated heterocycles. The van der Waals surface area contributed by atoms with Gasteiger partial charge in [0.25, 0.3) is 5.91 Å². The number of nitrogens with one attached hydrogen (secondary N) is 2. The highest BCUT2D eigenvalue weighted by atomic mass is 16.2. The van der Waals surface area contributed by atoms with Gasteiger partial charge in [-0.05, 0) is 32.2 Å². The Morgan fingerprint density at radius 3 is 2.47 bits per heavy atom. The molecule has 3 rings (SSSR count). The molecule has 5 nitrogen and oxygen atoms in total. The van der Waals surface area contributed by atoms with Crippen molar-refractivity contribution in [3.63, 3.8) is 0 Å². The van der Waals surface area contributed by atoms with Gasteiger partial charge in [-0.2, -0.15) is 4.99 Å². The van der Waals surface area contributed by atoms with Crippen LogP contribution in [-0.4, -0.2) is 30.2 Å². The molecule has 1 atom stereocenters. The lowest BCUT2D eigenvalue weighted by Gasteiger charge is -2.37. The van der Waals surface area contributed by atoms with Crippen LogP contribution in [0, 0.1) is 5.41 Å². The van der Waals surface area contributed by atoms with Crippen LogP contribution in [0.2, 0.25) is 0 Å². The molecule has 5 heteroatoms. The molecule has 1 saturated carbocycles.